The van der Waals surface area contributed by atoms with Crippen LogP contribution in [0.4, 0.5) is 4.39 Å². The van der Waals surface area contributed by atoms with Crippen molar-refractivity contribution in [2.24, 2.45) is 0 Å². The standard InChI is InChI=1S/C14H13FN2O4S/c15-9-1-3-10(4-2-9)21-7-12(18)16-6-5-13-17-11(8-22-13)14(19)20/h1-4,8H,5-7H2,(H,16,18)(H,19,20). The van der Waals surface area contributed by atoms with Crippen molar-refractivity contribution >= 4 is 23.2 Å². The third kappa shape index (κ3) is 4.81. The molecule has 6 nitrogen and oxygen atoms in total. The van der Waals surface area contributed by atoms with E-state index >= 15 is 0 Å². The number of rotatable bonds is 7. The molecule has 0 aliphatic carbocycles. The largest absolute Gasteiger partial charge is 0.484 e. The molecule has 0 bridgehead atoms. The van der Waals surface area contributed by atoms with Crippen LogP contribution < -0.4 is 10.1 Å². The third-order valence-electron chi connectivity index (χ3n) is 2.62. The van der Waals surface area contributed by atoms with Crippen LogP contribution in [0.2, 0.25) is 0 Å². The van der Waals surface area contributed by atoms with Crippen molar-refractivity contribution in [2.45, 2.75) is 6.42 Å². The predicted octanol–water partition coefficient (Wildman–Crippen LogP) is 1.72. The van der Waals surface area contributed by atoms with Crippen LogP contribution in [0, 0.1) is 5.82 Å². The summed E-state index contributed by atoms with van der Waals surface area (Å²) in [5.74, 6) is -1.36. The predicted molar refractivity (Wildman–Crippen MR) is 77.7 cm³/mol. The van der Waals surface area contributed by atoms with Crippen molar-refractivity contribution in [3.05, 3.63) is 46.2 Å². The summed E-state index contributed by atoms with van der Waals surface area (Å²) in [6.07, 6.45) is 0.445. The van der Waals surface area contributed by atoms with Gasteiger partial charge in [-0.25, -0.2) is 14.2 Å². The molecule has 1 aromatic heterocycles. The van der Waals surface area contributed by atoms with E-state index in [9.17, 15) is 14.0 Å². The molecule has 1 aromatic carbocycles. The van der Waals surface area contributed by atoms with Gasteiger partial charge in [0, 0.05) is 18.3 Å². The Morgan fingerprint density at radius 1 is 1.32 bits per heavy atom. The fourth-order valence-corrected chi connectivity index (χ4v) is 2.34. The molecule has 22 heavy (non-hydrogen) atoms. The summed E-state index contributed by atoms with van der Waals surface area (Å²) in [4.78, 5) is 26.1. The maximum atomic E-state index is 12.7. The summed E-state index contributed by atoms with van der Waals surface area (Å²) in [5.41, 5.74) is 0.00553. The molecule has 116 valence electrons. The Kier molecular flexibility index (Phi) is 5.42. The quantitative estimate of drug-likeness (QED) is 0.809. The molecule has 0 unspecified atom stereocenters. The molecule has 2 rings (SSSR count). The first-order valence-electron chi connectivity index (χ1n) is 6.37. The maximum Gasteiger partial charge on any atom is 0.355 e. The Bertz CT molecular complexity index is 657. The molecule has 1 heterocycles. The molecule has 2 N–H and O–H groups in total. The van der Waals surface area contributed by atoms with E-state index in [1.807, 2.05) is 0 Å². The second-order valence-corrected chi connectivity index (χ2v) is 5.22. The van der Waals surface area contributed by atoms with Gasteiger partial charge < -0.3 is 15.2 Å². The van der Waals surface area contributed by atoms with E-state index in [1.165, 1.54) is 41.0 Å². The van der Waals surface area contributed by atoms with Crippen molar-refractivity contribution in [3.8, 4) is 5.75 Å². The number of carboxylic acid groups (broad SMARTS) is 1. The topological polar surface area (TPSA) is 88.5 Å². The first-order chi connectivity index (χ1) is 10.5. The van der Waals surface area contributed by atoms with Gasteiger partial charge in [-0.15, -0.1) is 11.3 Å². The van der Waals surface area contributed by atoms with Crippen molar-refractivity contribution in [2.75, 3.05) is 13.2 Å². The number of aromatic nitrogens is 1. The zero-order chi connectivity index (χ0) is 15.9. The van der Waals surface area contributed by atoms with E-state index < -0.39 is 5.97 Å². The van der Waals surface area contributed by atoms with E-state index in [4.69, 9.17) is 9.84 Å². The molecule has 2 aromatic rings. The van der Waals surface area contributed by atoms with Gasteiger partial charge in [-0.2, -0.15) is 0 Å². The van der Waals surface area contributed by atoms with E-state index in [0.717, 1.165) is 0 Å². The van der Waals surface area contributed by atoms with Crippen LogP contribution in [0.3, 0.4) is 0 Å². The number of thiazole rings is 1. The molecule has 0 saturated heterocycles. The number of nitrogens with one attached hydrogen (secondary N) is 1. The number of halogens is 1. The highest BCUT2D eigenvalue weighted by atomic mass is 32.1. The van der Waals surface area contributed by atoms with Crippen LogP contribution in [-0.2, 0) is 11.2 Å². The normalized spacial score (nSPS) is 10.2. The summed E-state index contributed by atoms with van der Waals surface area (Å²) in [6, 6.07) is 5.36. The van der Waals surface area contributed by atoms with Crippen molar-refractivity contribution < 1.29 is 23.8 Å². The molecule has 0 aliphatic heterocycles. The number of ether oxygens (including phenoxy) is 1. The first-order valence-corrected chi connectivity index (χ1v) is 7.25. The number of amides is 1. The second-order valence-electron chi connectivity index (χ2n) is 4.27. The minimum Gasteiger partial charge on any atom is -0.484 e. The number of hydrogen-bond acceptors (Lipinski definition) is 5. The van der Waals surface area contributed by atoms with Crippen molar-refractivity contribution in [1.82, 2.24) is 10.3 Å². The van der Waals surface area contributed by atoms with E-state index in [1.54, 1.807) is 0 Å². The first kappa shape index (κ1) is 15.9. The van der Waals surface area contributed by atoms with Gasteiger partial charge in [-0.3, -0.25) is 4.79 Å². The van der Waals surface area contributed by atoms with Crippen LogP contribution in [0.25, 0.3) is 0 Å². The van der Waals surface area contributed by atoms with Crippen LogP contribution in [0.1, 0.15) is 15.5 Å². The monoisotopic (exact) mass is 324 g/mol. The van der Waals surface area contributed by atoms with Crippen molar-refractivity contribution in [1.29, 1.82) is 0 Å². The highest BCUT2D eigenvalue weighted by Crippen LogP contribution is 2.11. The van der Waals surface area contributed by atoms with Gasteiger partial charge in [0.1, 0.15) is 11.6 Å². The summed E-state index contributed by atoms with van der Waals surface area (Å²) in [7, 11) is 0. The Morgan fingerprint density at radius 3 is 2.68 bits per heavy atom. The SMILES string of the molecule is O=C(COc1ccc(F)cc1)NCCc1nc(C(=O)O)cs1. The summed E-state index contributed by atoms with van der Waals surface area (Å²) in [6.45, 7) is 0.155. The summed E-state index contributed by atoms with van der Waals surface area (Å²) < 4.78 is 17.9. The van der Waals surface area contributed by atoms with E-state index in [-0.39, 0.29) is 24.0 Å². The van der Waals surface area contributed by atoms with E-state index in [0.29, 0.717) is 23.7 Å². The number of nitrogens with zero attached hydrogens (tertiary/aromatic N) is 1. The lowest BCUT2D eigenvalue weighted by molar-refractivity contribution is -0.123. The van der Waals surface area contributed by atoms with Gasteiger partial charge >= 0.3 is 5.97 Å². The van der Waals surface area contributed by atoms with Gasteiger partial charge in [0.25, 0.3) is 5.91 Å². The molecule has 0 spiro atoms. The minimum atomic E-state index is -1.07. The fraction of sp³-hybridized carbons (Fsp3) is 0.214. The number of hydrogen-bond donors (Lipinski definition) is 2. The van der Waals surface area contributed by atoms with Crippen molar-refractivity contribution in [3.63, 3.8) is 0 Å². The smallest absolute Gasteiger partial charge is 0.355 e. The van der Waals surface area contributed by atoms with Crippen LogP contribution in [0.15, 0.2) is 29.6 Å². The highest BCUT2D eigenvalue weighted by Gasteiger charge is 2.09. The zero-order valence-electron chi connectivity index (χ0n) is 11.4. The minimum absolute atomic E-state index is 0.00553. The summed E-state index contributed by atoms with van der Waals surface area (Å²) in [5, 5.41) is 13.5. The Morgan fingerprint density at radius 2 is 2.05 bits per heavy atom. The van der Waals surface area contributed by atoms with Gasteiger partial charge in [0.2, 0.25) is 0 Å². The number of aromatic carboxylic acids is 1. The van der Waals surface area contributed by atoms with Gasteiger partial charge in [0.15, 0.2) is 12.3 Å². The lowest BCUT2D eigenvalue weighted by Gasteiger charge is -2.06. The van der Waals surface area contributed by atoms with Crippen LogP contribution in [0.5, 0.6) is 5.75 Å². The fourth-order valence-electron chi connectivity index (χ4n) is 1.56. The van der Waals surface area contributed by atoms with Gasteiger partial charge in [-0.1, -0.05) is 0 Å². The Balaban J connectivity index is 1.69. The Labute approximate surface area is 129 Å². The van der Waals surface area contributed by atoms with Crippen LogP contribution >= 0.6 is 11.3 Å². The van der Waals surface area contributed by atoms with Crippen LogP contribution in [-0.4, -0.2) is 35.1 Å². The molecule has 0 radical (unpaired) electrons. The van der Waals surface area contributed by atoms with Gasteiger partial charge in [0.05, 0.1) is 5.01 Å². The third-order valence-corrected chi connectivity index (χ3v) is 3.52. The molecule has 0 fully saturated rings. The number of carbonyl (C=O) groups is 2. The molecular weight excluding hydrogens is 311 g/mol. The lowest BCUT2D eigenvalue weighted by atomic mass is 10.3. The molecule has 8 heteroatoms. The van der Waals surface area contributed by atoms with E-state index in [2.05, 4.69) is 10.3 Å². The number of benzene rings is 1. The average Bonchev–Trinajstić information content (AvgIpc) is 2.96. The lowest BCUT2D eigenvalue weighted by Crippen LogP contribution is -2.30. The molecule has 0 atom stereocenters. The maximum absolute atomic E-state index is 12.7. The molecular formula is C14H13FN2O4S. The number of carbonyl (C=O) groups excluding carboxylic acids is 1. The summed E-state index contributed by atoms with van der Waals surface area (Å²) >= 11 is 1.23. The molecule has 0 saturated carbocycles. The van der Waals surface area contributed by atoms with Gasteiger partial charge in [-0.05, 0) is 24.3 Å². The zero-order valence-corrected chi connectivity index (χ0v) is 12.2. The molecule has 1 amide bonds. The molecule has 0 aliphatic rings. The number of carboxylic acids is 1. The average molecular weight is 324 g/mol. The highest BCUT2D eigenvalue weighted by molar-refractivity contribution is 7.09. The Hall–Kier alpha value is -2.48. The second kappa shape index (κ2) is 7.51.